The van der Waals surface area contributed by atoms with E-state index in [0.717, 1.165) is 26.5 Å². The minimum absolute atomic E-state index is 0.0757. The van der Waals surface area contributed by atoms with Crippen molar-refractivity contribution in [2.75, 3.05) is 13.7 Å². The zero-order valence-electron chi connectivity index (χ0n) is 13.7. The van der Waals surface area contributed by atoms with Crippen LogP contribution in [0.4, 0.5) is 0 Å². The number of ether oxygens (including phenoxy) is 1. The number of halogens is 1. The van der Waals surface area contributed by atoms with Gasteiger partial charge in [0.15, 0.2) is 0 Å². The summed E-state index contributed by atoms with van der Waals surface area (Å²) >= 11 is 4.98. The van der Waals surface area contributed by atoms with Crippen LogP contribution in [0.3, 0.4) is 0 Å². The average Bonchev–Trinajstić information content (AvgIpc) is 3.10. The van der Waals surface area contributed by atoms with Crippen LogP contribution in [-0.2, 0) is 6.42 Å². The predicted octanol–water partition coefficient (Wildman–Crippen LogP) is 4.55. The third-order valence-corrected chi connectivity index (χ3v) is 5.05. The van der Waals surface area contributed by atoms with Crippen LogP contribution in [0.2, 0.25) is 0 Å². The number of nitrogens with one attached hydrogen (secondary N) is 1. The summed E-state index contributed by atoms with van der Waals surface area (Å²) in [6, 6.07) is 15.2. The molecule has 0 bridgehead atoms. The monoisotopic (exact) mass is 416 g/mol. The third-order valence-electron chi connectivity index (χ3n) is 3.65. The number of hydrogen-bond acceptors (Lipinski definition) is 4. The summed E-state index contributed by atoms with van der Waals surface area (Å²) in [6.45, 7) is 0.556. The Morgan fingerprint density at radius 3 is 2.76 bits per heavy atom. The number of benzene rings is 2. The highest BCUT2D eigenvalue weighted by molar-refractivity contribution is 9.10. The molecule has 0 spiro atoms. The summed E-state index contributed by atoms with van der Waals surface area (Å²) in [4.78, 5) is 16.8. The number of amides is 1. The van der Waals surface area contributed by atoms with Gasteiger partial charge in [-0.1, -0.05) is 22.0 Å². The Bertz CT molecular complexity index is 862. The number of methoxy groups -OCH3 is 1. The van der Waals surface area contributed by atoms with Gasteiger partial charge in [0.1, 0.15) is 5.75 Å². The molecule has 0 radical (unpaired) electrons. The summed E-state index contributed by atoms with van der Waals surface area (Å²) < 4.78 is 6.06. The van der Waals surface area contributed by atoms with Crippen LogP contribution in [0.25, 0.3) is 11.3 Å². The number of thiazole rings is 1. The van der Waals surface area contributed by atoms with Gasteiger partial charge in [0, 0.05) is 33.9 Å². The fourth-order valence-corrected chi connectivity index (χ4v) is 3.54. The fourth-order valence-electron chi connectivity index (χ4n) is 2.33. The number of nitrogens with zero attached hydrogens (tertiary/aromatic N) is 1. The third kappa shape index (κ3) is 4.67. The van der Waals surface area contributed by atoms with Gasteiger partial charge in [-0.2, -0.15) is 0 Å². The van der Waals surface area contributed by atoms with Crippen molar-refractivity contribution in [2.45, 2.75) is 6.42 Å². The summed E-state index contributed by atoms with van der Waals surface area (Å²) in [7, 11) is 1.65. The first kappa shape index (κ1) is 17.6. The first-order valence-corrected chi connectivity index (χ1v) is 9.45. The molecule has 1 N–H and O–H groups in total. The highest BCUT2D eigenvalue weighted by Gasteiger charge is 2.08. The molecule has 3 rings (SSSR count). The van der Waals surface area contributed by atoms with E-state index in [1.54, 1.807) is 30.6 Å². The molecule has 0 saturated heterocycles. The van der Waals surface area contributed by atoms with Crippen LogP contribution < -0.4 is 10.1 Å². The molecule has 4 nitrogen and oxygen atoms in total. The molecule has 128 valence electrons. The van der Waals surface area contributed by atoms with Crippen LogP contribution in [0.15, 0.2) is 58.4 Å². The van der Waals surface area contributed by atoms with Crippen LogP contribution in [-0.4, -0.2) is 24.5 Å². The average molecular weight is 417 g/mol. The van der Waals surface area contributed by atoms with Crippen molar-refractivity contribution in [1.29, 1.82) is 0 Å². The highest BCUT2D eigenvalue weighted by atomic mass is 79.9. The molecule has 25 heavy (non-hydrogen) atoms. The lowest BCUT2D eigenvalue weighted by Gasteiger charge is -2.04. The van der Waals surface area contributed by atoms with E-state index >= 15 is 0 Å². The minimum Gasteiger partial charge on any atom is -0.497 e. The summed E-state index contributed by atoms with van der Waals surface area (Å²) in [6.07, 6.45) is 0.709. The SMILES string of the molecule is COc1ccc(-c2csc(CCNC(=O)c3cccc(Br)c3)n2)cc1. The first-order valence-electron chi connectivity index (χ1n) is 7.78. The Balaban J connectivity index is 1.55. The molecule has 0 fully saturated rings. The Kier molecular flexibility index (Phi) is 5.83. The summed E-state index contributed by atoms with van der Waals surface area (Å²) in [5, 5.41) is 5.96. The zero-order valence-corrected chi connectivity index (χ0v) is 16.1. The molecule has 1 aromatic heterocycles. The minimum atomic E-state index is -0.0757. The molecule has 1 heterocycles. The maximum Gasteiger partial charge on any atom is 0.251 e. The highest BCUT2D eigenvalue weighted by Crippen LogP contribution is 2.24. The Hall–Kier alpha value is -2.18. The van der Waals surface area contributed by atoms with Crippen molar-refractivity contribution in [1.82, 2.24) is 10.3 Å². The molecular formula is C19H17BrN2O2S. The molecule has 1 amide bonds. The topological polar surface area (TPSA) is 51.2 Å². The van der Waals surface area contributed by atoms with Gasteiger partial charge in [0.2, 0.25) is 0 Å². The van der Waals surface area contributed by atoms with Crippen molar-refractivity contribution in [3.63, 3.8) is 0 Å². The number of aromatic nitrogens is 1. The van der Waals surface area contributed by atoms with Gasteiger partial charge in [-0.15, -0.1) is 11.3 Å². The number of carbonyl (C=O) groups is 1. The van der Waals surface area contributed by atoms with Crippen molar-refractivity contribution >= 4 is 33.2 Å². The number of rotatable bonds is 6. The molecule has 0 atom stereocenters. The van der Waals surface area contributed by atoms with Crippen molar-refractivity contribution in [2.24, 2.45) is 0 Å². The largest absolute Gasteiger partial charge is 0.497 e. The van der Waals surface area contributed by atoms with Crippen molar-refractivity contribution in [3.05, 3.63) is 69.0 Å². The van der Waals surface area contributed by atoms with Crippen molar-refractivity contribution in [3.8, 4) is 17.0 Å². The van der Waals surface area contributed by atoms with E-state index in [2.05, 4.69) is 26.2 Å². The Morgan fingerprint density at radius 1 is 1.24 bits per heavy atom. The van der Waals surface area contributed by atoms with Crippen LogP contribution >= 0.6 is 27.3 Å². The Morgan fingerprint density at radius 2 is 2.04 bits per heavy atom. The van der Waals surface area contributed by atoms with Crippen molar-refractivity contribution < 1.29 is 9.53 Å². The standard InChI is InChI=1S/C19H17BrN2O2S/c1-24-16-7-5-13(6-8-16)17-12-25-18(22-17)9-10-21-19(23)14-3-2-4-15(20)11-14/h2-8,11-12H,9-10H2,1H3,(H,21,23). The molecule has 0 aliphatic rings. The van der Waals surface area contributed by atoms with Crippen LogP contribution in [0.1, 0.15) is 15.4 Å². The van der Waals surface area contributed by atoms with Gasteiger partial charge in [-0.3, -0.25) is 4.79 Å². The van der Waals surface area contributed by atoms with E-state index in [4.69, 9.17) is 4.74 Å². The van der Waals surface area contributed by atoms with E-state index in [1.165, 1.54) is 0 Å². The summed E-state index contributed by atoms with van der Waals surface area (Å²) in [5.41, 5.74) is 2.65. The Labute approximate surface area is 159 Å². The molecule has 6 heteroatoms. The lowest BCUT2D eigenvalue weighted by atomic mass is 10.2. The predicted molar refractivity (Wildman–Crippen MR) is 104 cm³/mol. The van der Waals surface area contributed by atoms with E-state index in [9.17, 15) is 4.79 Å². The van der Waals surface area contributed by atoms with Gasteiger partial charge in [0.05, 0.1) is 17.8 Å². The fraction of sp³-hybridized carbons (Fsp3) is 0.158. The molecule has 3 aromatic rings. The quantitative estimate of drug-likeness (QED) is 0.640. The summed E-state index contributed by atoms with van der Waals surface area (Å²) in [5.74, 6) is 0.752. The number of carbonyl (C=O) groups excluding carboxylic acids is 1. The molecule has 0 saturated carbocycles. The first-order chi connectivity index (χ1) is 12.2. The smallest absolute Gasteiger partial charge is 0.251 e. The second-order valence-corrected chi connectivity index (χ2v) is 7.23. The maximum atomic E-state index is 12.1. The lowest BCUT2D eigenvalue weighted by molar-refractivity contribution is 0.0954. The number of hydrogen-bond donors (Lipinski definition) is 1. The van der Waals surface area contributed by atoms with Gasteiger partial charge in [-0.05, 0) is 42.5 Å². The van der Waals surface area contributed by atoms with Gasteiger partial charge in [-0.25, -0.2) is 4.98 Å². The second-order valence-electron chi connectivity index (χ2n) is 5.37. The van der Waals surface area contributed by atoms with Crippen LogP contribution in [0, 0.1) is 0 Å². The molecule has 0 aliphatic heterocycles. The lowest BCUT2D eigenvalue weighted by Crippen LogP contribution is -2.25. The molecular weight excluding hydrogens is 400 g/mol. The second kappa shape index (κ2) is 8.27. The van der Waals surface area contributed by atoms with E-state index < -0.39 is 0 Å². The van der Waals surface area contributed by atoms with Gasteiger partial charge < -0.3 is 10.1 Å². The molecule has 2 aromatic carbocycles. The normalized spacial score (nSPS) is 10.5. The van der Waals surface area contributed by atoms with E-state index in [1.807, 2.05) is 41.8 Å². The van der Waals surface area contributed by atoms with E-state index in [0.29, 0.717) is 18.5 Å². The van der Waals surface area contributed by atoms with Crippen LogP contribution in [0.5, 0.6) is 5.75 Å². The van der Waals surface area contributed by atoms with E-state index in [-0.39, 0.29) is 5.91 Å². The van der Waals surface area contributed by atoms with Gasteiger partial charge in [0.25, 0.3) is 5.91 Å². The maximum absolute atomic E-state index is 12.1. The molecule has 0 aliphatic carbocycles. The van der Waals surface area contributed by atoms with Gasteiger partial charge >= 0.3 is 0 Å². The molecule has 0 unspecified atom stereocenters. The zero-order chi connectivity index (χ0) is 17.6.